The van der Waals surface area contributed by atoms with E-state index in [1.165, 1.54) is 6.07 Å². The first-order valence-electron chi connectivity index (χ1n) is 9.12. The van der Waals surface area contributed by atoms with Crippen molar-refractivity contribution in [3.8, 4) is 0 Å². The van der Waals surface area contributed by atoms with Gasteiger partial charge >= 0.3 is 0 Å². The minimum atomic E-state index is -0.351. The SMILES string of the molecule is C/C(=N/NC(=O)c1ccccc1C)c1cccc(NC(=O)c2ccc(Cl)cc2Cl)c1. The minimum absolute atomic E-state index is 0.271. The number of amides is 2. The second-order valence-corrected chi connectivity index (χ2v) is 7.46. The van der Waals surface area contributed by atoms with Gasteiger partial charge in [-0.15, -0.1) is 0 Å². The summed E-state index contributed by atoms with van der Waals surface area (Å²) in [5.41, 5.74) is 6.24. The number of anilines is 1. The summed E-state index contributed by atoms with van der Waals surface area (Å²) in [5.74, 6) is -0.634. The van der Waals surface area contributed by atoms with Gasteiger partial charge in [-0.2, -0.15) is 5.10 Å². The maximum Gasteiger partial charge on any atom is 0.271 e. The molecular formula is C23H19Cl2N3O2. The number of carbonyl (C=O) groups excluding carboxylic acids is 2. The quantitative estimate of drug-likeness (QED) is 0.394. The van der Waals surface area contributed by atoms with E-state index in [2.05, 4.69) is 15.8 Å². The largest absolute Gasteiger partial charge is 0.322 e. The number of nitrogens with one attached hydrogen (secondary N) is 2. The Morgan fingerprint density at radius 1 is 0.867 bits per heavy atom. The minimum Gasteiger partial charge on any atom is -0.322 e. The molecule has 3 aromatic rings. The Hall–Kier alpha value is -3.15. The number of carbonyl (C=O) groups is 2. The van der Waals surface area contributed by atoms with E-state index in [-0.39, 0.29) is 16.8 Å². The molecule has 0 bridgehead atoms. The number of hydrazone groups is 1. The summed E-state index contributed by atoms with van der Waals surface area (Å²) in [6.07, 6.45) is 0. The van der Waals surface area contributed by atoms with E-state index in [4.69, 9.17) is 23.2 Å². The lowest BCUT2D eigenvalue weighted by Gasteiger charge is -2.09. The highest BCUT2D eigenvalue weighted by Gasteiger charge is 2.12. The van der Waals surface area contributed by atoms with Crippen molar-refractivity contribution in [2.24, 2.45) is 5.10 Å². The maximum atomic E-state index is 12.5. The van der Waals surface area contributed by atoms with Crippen LogP contribution in [0.25, 0.3) is 0 Å². The van der Waals surface area contributed by atoms with Crippen molar-refractivity contribution >= 4 is 46.4 Å². The topological polar surface area (TPSA) is 70.6 Å². The van der Waals surface area contributed by atoms with Crippen molar-refractivity contribution in [2.75, 3.05) is 5.32 Å². The summed E-state index contributed by atoms with van der Waals surface area (Å²) in [6, 6.07) is 19.1. The zero-order valence-corrected chi connectivity index (χ0v) is 17.9. The van der Waals surface area contributed by atoms with Gasteiger partial charge in [-0.1, -0.05) is 53.5 Å². The summed E-state index contributed by atoms with van der Waals surface area (Å²) < 4.78 is 0. The molecule has 3 rings (SSSR count). The first kappa shape index (κ1) is 21.6. The van der Waals surface area contributed by atoms with Crippen molar-refractivity contribution < 1.29 is 9.59 Å². The average Bonchev–Trinajstić information content (AvgIpc) is 2.72. The fourth-order valence-electron chi connectivity index (χ4n) is 2.78. The molecule has 0 aliphatic carbocycles. The molecule has 0 aliphatic heterocycles. The Kier molecular flexibility index (Phi) is 6.87. The lowest BCUT2D eigenvalue weighted by atomic mass is 10.1. The van der Waals surface area contributed by atoms with Gasteiger partial charge in [0.2, 0.25) is 0 Å². The van der Waals surface area contributed by atoms with E-state index < -0.39 is 0 Å². The lowest BCUT2D eigenvalue weighted by molar-refractivity contribution is 0.0953. The highest BCUT2D eigenvalue weighted by molar-refractivity contribution is 6.37. The van der Waals surface area contributed by atoms with Crippen LogP contribution < -0.4 is 10.7 Å². The number of benzene rings is 3. The Morgan fingerprint density at radius 3 is 2.37 bits per heavy atom. The van der Waals surface area contributed by atoms with Crippen LogP contribution in [0, 0.1) is 6.92 Å². The summed E-state index contributed by atoms with van der Waals surface area (Å²) in [4.78, 5) is 24.8. The molecule has 5 nitrogen and oxygen atoms in total. The molecule has 2 N–H and O–H groups in total. The molecular weight excluding hydrogens is 421 g/mol. The molecule has 0 saturated carbocycles. The van der Waals surface area contributed by atoms with Gasteiger partial charge in [-0.05, 0) is 61.4 Å². The number of rotatable bonds is 5. The molecule has 152 valence electrons. The average molecular weight is 440 g/mol. The van der Waals surface area contributed by atoms with Crippen LogP contribution in [-0.4, -0.2) is 17.5 Å². The fraction of sp³-hybridized carbons (Fsp3) is 0.0870. The van der Waals surface area contributed by atoms with E-state index >= 15 is 0 Å². The molecule has 0 aromatic heterocycles. The molecule has 0 unspecified atom stereocenters. The normalized spacial score (nSPS) is 11.1. The maximum absolute atomic E-state index is 12.5. The van der Waals surface area contributed by atoms with Crippen LogP contribution in [0.5, 0.6) is 0 Å². The Balaban J connectivity index is 1.72. The van der Waals surface area contributed by atoms with Crippen LogP contribution in [0.4, 0.5) is 5.69 Å². The van der Waals surface area contributed by atoms with Crippen molar-refractivity contribution in [3.05, 3.63) is 99.0 Å². The molecule has 0 radical (unpaired) electrons. The van der Waals surface area contributed by atoms with E-state index in [1.807, 2.05) is 25.1 Å². The third kappa shape index (κ3) is 5.26. The second kappa shape index (κ2) is 9.57. The van der Waals surface area contributed by atoms with Gasteiger partial charge in [-0.3, -0.25) is 9.59 Å². The van der Waals surface area contributed by atoms with Crippen LogP contribution in [-0.2, 0) is 0 Å². The summed E-state index contributed by atoms with van der Waals surface area (Å²) in [6.45, 7) is 3.64. The summed E-state index contributed by atoms with van der Waals surface area (Å²) in [7, 11) is 0. The van der Waals surface area contributed by atoms with Gasteiger partial charge in [0.25, 0.3) is 11.8 Å². The molecule has 0 fully saturated rings. The smallest absolute Gasteiger partial charge is 0.271 e. The molecule has 3 aromatic carbocycles. The van der Waals surface area contributed by atoms with Crippen molar-refractivity contribution in [1.82, 2.24) is 5.43 Å². The first-order valence-corrected chi connectivity index (χ1v) is 9.88. The van der Waals surface area contributed by atoms with Gasteiger partial charge in [0.15, 0.2) is 0 Å². The van der Waals surface area contributed by atoms with Crippen molar-refractivity contribution in [2.45, 2.75) is 13.8 Å². The highest BCUT2D eigenvalue weighted by Crippen LogP contribution is 2.22. The molecule has 30 heavy (non-hydrogen) atoms. The first-order chi connectivity index (χ1) is 14.3. The van der Waals surface area contributed by atoms with Crippen molar-refractivity contribution in [1.29, 1.82) is 0 Å². The third-order valence-corrected chi connectivity index (χ3v) is 4.98. The van der Waals surface area contributed by atoms with E-state index in [0.717, 1.165) is 11.1 Å². The molecule has 0 spiro atoms. The van der Waals surface area contributed by atoms with Gasteiger partial charge in [-0.25, -0.2) is 5.43 Å². The highest BCUT2D eigenvalue weighted by atomic mass is 35.5. The van der Waals surface area contributed by atoms with Crippen molar-refractivity contribution in [3.63, 3.8) is 0 Å². The molecule has 0 heterocycles. The number of hydrogen-bond acceptors (Lipinski definition) is 3. The zero-order valence-electron chi connectivity index (χ0n) is 16.4. The molecule has 7 heteroatoms. The Bertz CT molecular complexity index is 1140. The van der Waals surface area contributed by atoms with Gasteiger partial charge in [0.1, 0.15) is 0 Å². The van der Waals surface area contributed by atoms with Crippen LogP contribution in [0.3, 0.4) is 0 Å². The number of hydrogen-bond donors (Lipinski definition) is 2. The number of nitrogens with zero attached hydrogens (tertiary/aromatic N) is 1. The lowest BCUT2D eigenvalue weighted by Crippen LogP contribution is -2.20. The number of aryl methyl sites for hydroxylation is 1. The Morgan fingerprint density at radius 2 is 1.63 bits per heavy atom. The van der Waals surface area contributed by atoms with Crippen LogP contribution in [0.15, 0.2) is 71.8 Å². The van der Waals surface area contributed by atoms with Crippen LogP contribution >= 0.6 is 23.2 Å². The Labute approximate surface area is 184 Å². The van der Waals surface area contributed by atoms with Gasteiger partial charge < -0.3 is 5.32 Å². The predicted molar refractivity (Wildman–Crippen MR) is 122 cm³/mol. The molecule has 0 aliphatic rings. The molecule has 2 amide bonds. The van der Waals surface area contributed by atoms with Gasteiger partial charge in [0, 0.05) is 16.3 Å². The van der Waals surface area contributed by atoms with Crippen LogP contribution in [0.1, 0.15) is 38.8 Å². The van der Waals surface area contributed by atoms with Crippen LogP contribution in [0.2, 0.25) is 10.0 Å². The van der Waals surface area contributed by atoms with E-state index in [1.54, 1.807) is 49.4 Å². The summed E-state index contributed by atoms with van der Waals surface area (Å²) >= 11 is 12.0. The van der Waals surface area contributed by atoms with Gasteiger partial charge in [0.05, 0.1) is 16.3 Å². The molecule has 0 atom stereocenters. The molecule has 0 saturated heterocycles. The standard InChI is InChI=1S/C23H19Cl2N3O2/c1-14-6-3-4-9-19(14)23(30)28-27-15(2)16-7-5-8-18(12-16)26-22(29)20-11-10-17(24)13-21(20)25/h3-13H,1-2H3,(H,26,29)(H,28,30)/b27-15-. The predicted octanol–water partition coefficient (Wildman–Crippen LogP) is 5.71. The zero-order chi connectivity index (χ0) is 21.7. The third-order valence-electron chi connectivity index (χ3n) is 4.43. The summed E-state index contributed by atoms with van der Waals surface area (Å²) in [5, 5.41) is 7.71. The number of halogens is 2. The second-order valence-electron chi connectivity index (χ2n) is 6.61. The van der Waals surface area contributed by atoms with E-state index in [9.17, 15) is 9.59 Å². The van der Waals surface area contributed by atoms with E-state index in [0.29, 0.717) is 27.5 Å². The monoisotopic (exact) mass is 439 g/mol. The fourth-order valence-corrected chi connectivity index (χ4v) is 3.28.